The molecule has 0 spiro atoms. The summed E-state index contributed by atoms with van der Waals surface area (Å²) in [6.45, 7) is 0.395. The molecule has 0 aliphatic carbocycles. The van der Waals surface area contributed by atoms with E-state index in [0.29, 0.717) is 52.0 Å². The lowest BCUT2D eigenvalue weighted by atomic mass is 10.1. The fraction of sp³-hybridized carbons (Fsp3) is 0.222. The zero-order valence-electron chi connectivity index (χ0n) is 20.3. The van der Waals surface area contributed by atoms with Crippen molar-refractivity contribution in [2.45, 2.75) is 18.1 Å². The number of carbonyl (C=O) groups is 1. The maximum absolute atomic E-state index is 13.4. The highest BCUT2D eigenvalue weighted by molar-refractivity contribution is 7.99. The van der Waals surface area contributed by atoms with Gasteiger partial charge < -0.3 is 19.5 Å². The van der Waals surface area contributed by atoms with Gasteiger partial charge in [0.1, 0.15) is 5.75 Å². The van der Waals surface area contributed by atoms with Gasteiger partial charge in [-0.05, 0) is 48.4 Å². The van der Waals surface area contributed by atoms with Crippen LogP contribution in [0.1, 0.15) is 5.56 Å². The molecule has 0 bridgehead atoms. The Morgan fingerprint density at radius 2 is 1.75 bits per heavy atom. The third-order valence-electron chi connectivity index (χ3n) is 5.58. The van der Waals surface area contributed by atoms with Gasteiger partial charge in [0.2, 0.25) is 5.91 Å². The van der Waals surface area contributed by atoms with Crippen molar-refractivity contribution in [1.82, 2.24) is 9.55 Å². The number of carbonyl (C=O) groups excluding carboxylic acids is 1. The fourth-order valence-electron chi connectivity index (χ4n) is 3.76. The number of aromatic nitrogens is 2. The topological polar surface area (TPSA) is 91.7 Å². The summed E-state index contributed by atoms with van der Waals surface area (Å²) in [7, 11) is 4.75. The Kier molecular flexibility index (Phi) is 8.12. The first-order chi connectivity index (χ1) is 17.5. The van der Waals surface area contributed by atoms with Gasteiger partial charge in [-0.2, -0.15) is 0 Å². The molecule has 0 saturated carbocycles. The van der Waals surface area contributed by atoms with E-state index in [9.17, 15) is 9.59 Å². The van der Waals surface area contributed by atoms with Crippen molar-refractivity contribution >= 4 is 34.3 Å². The molecule has 1 aromatic heterocycles. The molecule has 36 heavy (non-hydrogen) atoms. The summed E-state index contributed by atoms with van der Waals surface area (Å²) in [6, 6.07) is 20.0. The minimum absolute atomic E-state index is 0.0956. The van der Waals surface area contributed by atoms with Crippen LogP contribution in [0.25, 0.3) is 10.9 Å². The molecule has 1 N–H and O–H groups in total. The van der Waals surface area contributed by atoms with E-state index in [2.05, 4.69) is 5.32 Å². The van der Waals surface area contributed by atoms with Crippen LogP contribution in [0.5, 0.6) is 17.2 Å². The molecule has 3 aromatic carbocycles. The Balaban J connectivity index is 1.55. The molecule has 0 aliphatic heterocycles. The highest BCUT2D eigenvalue weighted by Gasteiger charge is 2.14. The van der Waals surface area contributed by atoms with Crippen LogP contribution in [0, 0.1) is 0 Å². The molecule has 4 rings (SSSR count). The van der Waals surface area contributed by atoms with Crippen molar-refractivity contribution in [2.24, 2.45) is 0 Å². The van der Waals surface area contributed by atoms with Crippen molar-refractivity contribution in [3.63, 3.8) is 0 Å². The minimum atomic E-state index is -0.206. The van der Waals surface area contributed by atoms with Crippen LogP contribution < -0.4 is 25.1 Å². The van der Waals surface area contributed by atoms with Gasteiger partial charge in [0.25, 0.3) is 5.56 Å². The summed E-state index contributed by atoms with van der Waals surface area (Å²) in [5.74, 6) is 1.81. The van der Waals surface area contributed by atoms with Crippen LogP contribution >= 0.6 is 11.8 Å². The van der Waals surface area contributed by atoms with E-state index >= 15 is 0 Å². The number of fused-ring (bicyclic) bond motifs is 1. The highest BCUT2D eigenvalue weighted by atomic mass is 32.2. The molecular formula is C27H27N3O5S. The maximum Gasteiger partial charge on any atom is 0.262 e. The number of para-hydroxylation sites is 1. The van der Waals surface area contributed by atoms with E-state index in [4.69, 9.17) is 19.2 Å². The molecule has 8 nitrogen and oxygen atoms in total. The summed E-state index contributed by atoms with van der Waals surface area (Å²) in [6.07, 6.45) is 0.573. The predicted molar refractivity (Wildman–Crippen MR) is 142 cm³/mol. The van der Waals surface area contributed by atoms with Crippen LogP contribution in [-0.2, 0) is 17.8 Å². The molecule has 0 atom stereocenters. The Morgan fingerprint density at radius 1 is 0.944 bits per heavy atom. The van der Waals surface area contributed by atoms with Crippen molar-refractivity contribution in [3.8, 4) is 17.2 Å². The molecule has 186 valence electrons. The Labute approximate surface area is 213 Å². The van der Waals surface area contributed by atoms with Gasteiger partial charge in [0.15, 0.2) is 16.7 Å². The van der Waals surface area contributed by atoms with E-state index in [1.165, 1.54) is 11.8 Å². The fourth-order valence-corrected chi connectivity index (χ4v) is 4.59. The van der Waals surface area contributed by atoms with E-state index in [1.807, 2.05) is 30.3 Å². The SMILES string of the molecule is COc1cccc(NC(=O)CSc2nc3ccccc3c(=O)n2CCc2ccc(OC)c(OC)c2)c1. The number of benzene rings is 3. The van der Waals surface area contributed by atoms with Gasteiger partial charge in [-0.3, -0.25) is 14.2 Å². The minimum Gasteiger partial charge on any atom is -0.497 e. The lowest BCUT2D eigenvalue weighted by Crippen LogP contribution is -2.25. The number of hydrogen-bond donors (Lipinski definition) is 1. The largest absolute Gasteiger partial charge is 0.497 e. The number of amides is 1. The van der Waals surface area contributed by atoms with Gasteiger partial charge in [-0.15, -0.1) is 0 Å². The second kappa shape index (κ2) is 11.6. The quantitative estimate of drug-likeness (QED) is 0.252. The van der Waals surface area contributed by atoms with Gasteiger partial charge in [0.05, 0.1) is 38.0 Å². The van der Waals surface area contributed by atoms with Gasteiger partial charge in [0, 0.05) is 18.3 Å². The molecular weight excluding hydrogens is 478 g/mol. The number of thioether (sulfide) groups is 1. The summed E-state index contributed by atoms with van der Waals surface area (Å²) < 4.78 is 17.5. The number of methoxy groups -OCH3 is 3. The zero-order valence-corrected chi connectivity index (χ0v) is 21.1. The van der Waals surface area contributed by atoms with Gasteiger partial charge in [-0.1, -0.05) is 36.0 Å². The number of aryl methyl sites for hydroxylation is 1. The summed E-state index contributed by atoms with van der Waals surface area (Å²) in [5, 5.41) is 3.88. The van der Waals surface area contributed by atoms with Gasteiger partial charge in [-0.25, -0.2) is 4.98 Å². The molecule has 4 aromatic rings. The molecule has 0 fully saturated rings. The van der Waals surface area contributed by atoms with Crippen LogP contribution in [-0.4, -0.2) is 42.5 Å². The van der Waals surface area contributed by atoms with Crippen LogP contribution in [0.2, 0.25) is 0 Å². The second-order valence-corrected chi connectivity index (χ2v) is 8.82. The Hall–Kier alpha value is -3.98. The number of ether oxygens (including phenoxy) is 3. The monoisotopic (exact) mass is 505 g/mol. The van der Waals surface area contributed by atoms with Crippen LogP contribution in [0.3, 0.4) is 0 Å². The first-order valence-electron chi connectivity index (χ1n) is 11.3. The lowest BCUT2D eigenvalue weighted by molar-refractivity contribution is -0.113. The van der Waals surface area contributed by atoms with Crippen molar-refractivity contribution in [1.29, 1.82) is 0 Å². The molecule has 0 aliphatic rings. The van der Waals surface area contributed by atoms with Crippen molar-refractivity contribution in [3.05, 3.63) is 82.6 Å². The smallest absolute Gasteiger partial charge is 0.262 e. The summed E-state index contributed by atoms with van der Waals surface area (Å²) in [4.78, 5) is 30.7. The van der Waals surface area contributed by atoms with E-state index < -0.39 is 0 Å². The van der Waals surface area contributed by atoms with E-state index in [1.54, 1.807) is 62.3 Å². The standard InChI is InChI=1S/C27H27N3O5S/c1-33-20-8-6-7-19(16-20)28-25(31)17-36-27-29-22-10-5-4-9-21(22)26(32)30(27)14-13-18-11-12-23(34-2)24(15-18)35-3/h4-12,15-16H,13-14,17H2,1-3H3,(H,28,31). The maximum atomic E-state index is 13.4. The first kappa shape index (κ1) is 25.1. The van der Waals surface area contributed by atoms with Gasteiger partial charge >= 0.3 is 0 Å². The first-order valence-corrected chi connectivity index (χ1v) is 12.3. The third-order valence-corrected chi connectivity index (χ3v) is 6.56. The third kappa shape index (κ3) is 5.80. The highest BCUT2D eigenvalue weighted by Crippen LogP contribution is 2.28. The number of nitrogens with zero attached hydrogens (tertiary/aromatic N) is 2. The van der Waals surface area contributed by atoms with Crippen LogP contribution in [0.15, 0.2) is 76.7 Å². The second-order valence-electron chi connectivity index (χ2n) is 7.88. The van der Waals surface area contributed by atoms with Crippen molar-refractivity contribution in [2.75, 3.05) is 32.4 Å². The average Bonchev–Trinajstić information content (AvgIpc) is 2.91. The van der Waals surface area contributed by atoms with Crippen molar-refractivity contribution < 1.29 is 19.0 Å². The normalized spacial score (nSPS) is 10.8. The molecule has 9 heteroatoms. The molecule has 0 saturated heterocycles. The average molecular weight is 506 g/mol. The molecule has 0 unspecified atom stereocenters. The number of hydrogen-bond acceptors (Lipinski definition) is 7. The predicted octanol–water partition coefficient (Wildman–Crippen LogP) is 4.40. The number of anilines is 1. The zero-order chi connectivity index (χ0) is 25.5. The van der Waals surface area contributed by atoms with E-state index in [-0.39, 0.29) is 17.2 Å². The Bertz CT molecular complexity index is 1440. The lowest BCUT2D eigenvalue weighted by Gasteiger charge is -2.14. The van der Waals surface area contributed by atoms with E-state index in [0.717, 1.165) is 5.56 Å². The van der Waals surface area contributed by atoms with Crippen LogP contribution in [0.4, 0.5) is 5.69 Å². The summed E-state index contributed by atoms with van der Waals surface area (Å²) >= 11 is 1.23. The number of rotatable bonds is 10. The number of nitrogens with one attached hydrogen (secondary N) is 1. The summed E-state index contributed by atoms with van der Waals surface area (Å²) in [5.41, 5.74) is 2.08. The molecule has 1 heterocycles. The molecule has 1 amide bonds. The molecule has 0 radical (unpaired) electrons. The Morgan fingerprint density at radius 3 is 2.53 bits per heavy atom.